The van der Waals surface area contributed by atoms with Crippen LogP contribution >= 0.6 is 0 Å². The van der Waals surface area contributed by atoms with E-state index >= 15 is 0 Å². The van der Waals surface area contributed by atoms with Gasteiger partial charge in [0.05, 0.1) is 6.07 Å². The van der Waals surface area contributed by atoms with E-state index in [1.807, 2.05) is 19.1 Å². The molecule has 116 valence electrons. The van der Waals surface area contributed by atoms with Crippen LogP contribution in [0, 0.1) is 18.3 Å². The van der Waals surface area contributed by atoms with Gasteiger partial charge in [0.1, 0.15) is 5.54 Å². The van der Waals surface area contributed by atoms with Crippen LogP contribution in [0.2, 0.25) is 0 Å². The largest absolute Gasteiger partial charge is 0.338 e. The molecule has 0 saturated heterocycles. The number of nitrogens with one attached hydrogen (secondary N) is 1. The molecule has 0 spiro atoms. The Morgan fingerprint density at radius 2 is 1.77 bits per heavy atom. The SMILES string of the molecule is Cc1ccc(C(=O)CCC(=O)NC2(C#N)CCCCC2)cc1. The highest BCUT2D eigenvalue weighted by atomic mass is 16.2. The van der Waals surface area contributed by atoms with E-state index in [2.05, 4.69) is 11.4 Å². The molecule has 22 heavy (non-hydrogen) atoms. The molecule has 1 aromatic rings. The van der Waals surface area contributed by atoms with Crippen molar-refractivity contribution in [2.45, 2.75) is 57.4 Å². The van der Waals surface area contributed by atoms with E-state index in [4.69, 9.17) is 0 Å². The third-order valence-electron chi connectivity index (χ3n) is 4.25. The van der Waals surface area contributed by atoms with E-state index in [-0.39, 0.29) is 24.5 Å². The molecule has 1 aliphatic rings. The Bertz CT molecular complexity index is 578. The number of aryl methyl sites for hydroxylation is 1. The summed E-state index contributed by atoms with van der Waals surface area (Å²) in [4.78, 5) is 24.1. The molecular weight excluding hydrogens is 276 g/mol. The minimum absolute atomic E-state index is 0.0372. The number of nitriles is 1. The Kier molecular flexibility index (Phi) is 5.32. The van der Waals surface area contributed by atoms with Crippen molar-refractivity contribution in [2.75, 3.05) is 0 Å². The first-order valence-corrected chi connectivity index (χ1v) is 7.87. The Morgan fingerprint density at radius 1 is 1.14 bits per heavy atom. The monoisotopic (exact) mass is 298 g/mol. The molecule has 0 aromatic heterocycles. The molecule has 1 aliphatic carbocycles. The number of carbonyl (C=O) groups excluding carboxylic acids is 2. The molecule has 1 amide bonds. The van der Waals surface area contributed by atoms with Crippen LogP contribution < -0.4 is 5.32 Å². The maximum atomic E-state index is 12.1. The van der Waals surface area contributed by atoms with Gasteiger partial charge in [0.15, 0.2) is 5.78 Å². The lowest BCUT2D eigenvalue weighted by molar-refractivity contribution is -0.122. The fraction of sp³-hybridized carbons (Fsp3) is 0.500. The normalized spacial score (nSPS) is 16.5. The van der Waals surface area contributed by atoms with Crippen LogP contribution in [-0.4, -0.2) is 17.2 Å². The summed E-state index contributed by atoms with van der Waals surface area (Å²) < 4.78 is 0. The number of ketones is 1. The predicted octanol–water partition coefficient (Wildman–Crippen LogP) is 3.30. The topological polar surface area (TPSA) is 70.0 Å². The molecule has 2 rings (SSSR count). The number of nitrogens with zero attached hydrogens (tertiary/aromatic N) is 1. The van der Waals surface area contributed by atoms with Gasteiger partial charge in [-0.2, -0.15) is 5.26 Å². The molecule has 4 nitrogen and oxygen atoms in total. The van der Waals surface area contributed by atoms with Crippen molar-refractivity contribution >= 4 is 11.7 Å². The van der Waals surface area contributed by atoms with E-state index in [9.17, 15) is 14.9 Å². The summed E-state index contributed by atoms with van der Waals surface area (Å²) >= 11 is 0. The van der Waals surface area contributed by atoms with Crippen LogP contribution in [0.15, 0.2) is 24.3 Å². The first-order chi connectivity index (χ1) is 10.5. The van der Waals surface area contributed by atoms with Gasteiger partial charge in [0.25, 0.3) is 0 Å². The Hall–Kier alpha value is -2.15. The predicted molar refractivity (Wildman–Crippen MR) is 84.3 cm³/mol. The van der Waals surface area contributed by atoms with Gasteiger partial charge in [-0.25, -0.2) is 0 Å². The fourth-order valence-corrected chi connectivity index (χ4v) is 2.86. The number of rotatable bonds is 5. The average molecular weight is 298 g/mol. The molecule has 1 saturated carbocycles. The van der Waals surface area contributed by atoms with Gasteiger partial charge in [-0.05, 0) is 19.8 Å². The van der Waals surface area contributed by atoms with Gasteiger partial charge < -0.3 is 5.32 Å². The second-order valence-corrected chi connectivity index (χ2v) is 6.09. The number of Topliss-reactive ketones (excluding diaryl/α,β-unsaturated/α-hetero) is 1. The molecular formula is C18H22N2O2. The van der Waals surface area contributed by atoms with E-state index in [1.54, 1.807) is 12.1 Å². The van der Waals surface area contributed by atoms with Crippen LogP contribution in [0.1, 0.15) is 60.9 Å². The zero-order chi connectivity index (χ0) is 16.0. The maximum Gasteiger partial charge on any atom is 0.221 e. The number of hydrogen-bond donors (Lipinski definition) is 1. The van der Waals surface area contributed by atoms with Crippen LogP contribution in [0.5, 0.6) is 0 Å². The number of benzene rings is 1. The quantitative estimate of drug-likeness (QED) is 0.848. The second-order valence-electron chi connectivity index (χ2n) is 6.09. The molecule has 4 heteroatoms. The minimum atomic E-state index is -0.720. The van der Waals surface area contributed by atoms with Crippen molar-refractivity contribution in [1.82, 2.24) is 5.32 Å². The maximum absolute atomic E-state index is 12.1. The number of hydrogen-bond acceptors (Lipinski definition) is 3. The zero-order valence-corrected chi connectivity index (χ0v) is 13.0. The third kappa shape index (κ3) is 4.17. The highest BCUT2D eigenvalue weighted by molar-refractivity contribution is 5.98. The third-order valence-corrected chi connectivity index (χ3v) is 4.25. The number of carbonyl (C=O) groups is 2. The Morgan fingerprint density at radius 3 is 2.36 bits per heavy atom. The van der Waals surface area contributed by atoms with Gasteiger partial charge >= 0.3 is 0 Å². The van der Waals surface area contributed by atoms with Crippen molar-refractivity contribution in [3.63, 3.8) is 0 Å². The zero-order valence-electron chi connectivity index (χ0n) is 13.0. The minimum Gasteiger partial charge on any atom is -0.338 e. The van der Waals surface area contributed by atoms with Gasteiger partial charge in [-0.1, -0.05) is 49.1 Å². The molecule has 0 atom stereocenters. The molecule has 0 heterocycles. The van der Waals surface area contributed by atoms with Crippen LogP contribution in [0.25, 0.3) is 0 Å². The number of amides is 1. The van der Waals surface area contributed by atoms with Crippen molar-refractivity contribution in [3.05, 3.63) is 35.4 Å². The molecule has 0 aliphatic heterocycles. The molecule has 0 radical (unpaired) electrons. The highest BCUT2D eigenvalue weighted by Crippen LogP contribution is 2.27. The lowest BCUT2D eigenvalue weighted by Crippen LogP contribution is -2.48. The van der Waals surface area contributed by atoms with E-state index < -0.39 is 5.54 Å². The highest BCUT2D eigenvalue weighted by Gasteiger charge is 2.33. The van der Waals surface area contributed by atoms with Crippen molar-refractivity contribution in [1.29, 1.82) is 5.26 Å². The molecule has 1 N–H and O–H groups in total. The average Bonchev–Trinajstić information content (AvgIpc) is 2.54. The summed E-state index contributed by atoms with van der Waals surface area (Å²) in [5, 5.41) is 12.2. The summed E-state index contributed by atoms with van der Waals surface area (Å²) in [6.07, 6.45) is 4.78. The van der Waals surface area contributed by atoms with Gasteiger partial charge in [-0.15, -0.1) is 0 Å². The summed E-state index contributed by atoms with van der Waals surface area (Å²) in [5.74, 6) is -0.242. The molecule has 0 bridgehead atoms. The van der Waals surface area contributed by atoms with Crippen molar-refractivity contribution in [3.8, 4) is 6.07 Å². The van der Waals surface area contributed by atoms with E-state index in [0.717, 1.165) is 24.8 Å². The summed E-state index contributed by atoms with van der Waals surface area (Å²) in [5.41, 5.74) is 1.01. The van der Waals surface area contributed by atoms with Gasteiger partial charge in [-0.3, -0.25) is 9.59 Å². The Balaban J connectivity index is 1.86. The van der Waals surface area contributed by atoms with E-state index in [0.29, 0.717) is 18.4 Å². The molecule has 1 fully saturated rings. The lowest BCUT2D eigenvalue weighted by Gasteiger charge is -2.31. The van der Waals surface area contributed by atoms with Crippen molar-refractivity contribution in [2.24, 2.45) is 0 Å². The lowest BCUT2D eigenvalue weighted by atomic mass is 9.82. The van der Waals surface area contributed by atoms with Crippen LogP contribution in [0.3, 0.4) is 0 Å². The van der Waals surface area contributed by atoms with E-state index in [1.165, 1.54) is 0 Å². The second kappa shape index (κ2) is 7.22. The van der Waals surface area contributed by atoms with Gasteiger partial charge in [0.2, 0.25) is 5.91 Å². The van der Waals surface area contributed by atoms with Crippen molar-refractivity contribution < 1.29 is 9.59 Å². The summed E-state index contributed by atoms with van der Waals surface area (Å²) in [6, 6.07) is 9.61. The fourth-order valence-electron chi connectivity index (χ4n) is 2.86. The standard InChI is InChI=1S/C18H22N2O2/c1-14-5-7-15(8-6-14)16(21)9-10-17(22)20-18(13-19)11-3-2-4-12-18/h5-8H,2-4,9-12H2,1H3,(H,20,22). The smallest absolute Gasteiger partial charge is 0.221 e. The van der Waals surface area contributed by atoms with Crippen LogP contribution in [-0.2, 0) is 4.79 Å². The summed E-state index contributed by atoms with van der Waals surface area (Å²) in [7, 11) is 0. The molecule has 0 unspecified atom stereocenters. The Labute approximate surface area is 131 Å². The van der Waals surface area contributed by atoms with Gasteiger partial charge in [0, 0.05) is 18.4 Å². The first kappa shape index (κ1) is 16.2. The van der Waals surface area contributed by atoms with Crippen LogP contribution in [0.4, 0.5) is 0 Å². The molecule has 1 aromatic carbocycles. The first-order valence-electron chi connectivity index (χ1n) is 7.87. The summed E-state index contributed by atoms with van der Waals surface area (Å²) in [6.45, 7) is 1.97.